The number of aliphatic hydroxyl groups is 1. The molecule has 7 heteroatoms. The molecule has 2 N–H and O–H groups in total. The van der Waals surface area contributed by atoms with Crippen molar-refractivity contribution in [2.24, 2.45) is 0 Å². The fourth-order valence-electron chi connectivity index (χ4n) is 3.13. The average molecular weight is 368 g/mol. The van der Waals surface area contributed by atoms with Crippen molar-refractivity contribution in [1.82, 2.24) is 10.3 Å². The third kappa shape index (κ3) is 3.65. The molecule has 2 aromatic heterocycles. The average Bonchev–Trinajstić information content (AvgIpc) is 3.22. The zero-order valence-corrected chi connectivity index (χ0v) is 14.8. The van der Waals surface area contributed by atoms with E-state index in [1.54, 1.807) is 31.3 Å². The zero-order valence-electron chi connectivity index (χ0n) is 14.8. The third-order valence-corrected chi connectivity index (χ3v) is 4.54. The van der Waals surface area contributed by atoms with E-state index in [2.05, 4.69) is 10.3 Å². The van der Waals surface area contributed by atoms with E-state index >= 15 is 0 Å². The van der Waals surface area contributed by atoms with Crippen molar-refractivity contribution in [2.75, 3.05) is 13.2 Å². The van der Waals surface area contributed by atoms with Crippen molar-refractivity contribution in [2.45, 2.75) is 25.7 Å². The fraction of sp³-hybridized carbons (Fsp3) is 0.300. The van der Waals surface area contributed by atoms with Crippen molar-refractivity contribution in [3.8, 4) is 5.75 Å². The van der Waals surface area contributed by atoms with E-state index in [0.717, 1.165) is 5.69 Å². The highest BCUT2D eigenvalue weighted by molar-refractivity contribution is 6.07. The standard InChI is InChI=1S/C20H20N2O5/c1-12-19(20(24)22-16-10-25-11-17(16)23)15-8-14(5-6-18(15)27-12)26-9-13-4-2-3-7-21-13/h2-8,16-17,23H,9-11H2,1H3,(H,22,24)/t16-,17-/m1/s1. The molecule has 1 aliphatic heterocycles. The molecule has 4 rings (SSSR count). The van der Waals surface area contributed by atoms with E-state index in [1.165, 1.54) is 0 Å². The van der Waals surface area contributed by atoms with Gasteiger partial charge < -0.3 is 24.3 Å². The summed E-state index contributed by atoms with van der Waals surface area (Å²) in [6.45, 7) is 2.59. The number of pyridine rings is 1. The molecule has 0 bridgehead atoms. The predicted molar refractivity (Wildman–Crippen MR) is 97.6 cm³/mol. The van der Waals surface area contributed by atoms with Crippen LogP contribution in [-0.2, 0) is 11.3 Å². The van der Waals surface area contributed by atoms with Gasteiger partial charge in [-0.3, -0.25) is 9.78 Å². The summed E-state index contributed by atoms with van der Waals surface area (Å²) in [6.07, 6.45) is 1.01. The van der Waals surface area contributed by atoms with Gasteiger partial charge in [-0.2, -0.15) is 0 Å². The van der Waals surface area contributed by atoms with E-state index in [0.29, 0.717) is 41.3 Å². The number of furan rings is 1. The number of amides is 1. The van der Waals surface area contributed by atoms with Crippen LogP contribution < -0.4 is 10.1 Å². The molecule has 3 aromatic rings. The Morgan fingerprint density at radius 1 is 1.33 bits per heavy atom. The van der Waals surface area contributed by atoms with E-state index < -0.39 is 12.1 Å². The fourth-order valence-corrected chi connectivity index (χ4v) is 3.13. The molecule has 1 fully saturated rings. The molecule has 0 saturated carbocycles. The first-order valence-corrected chi connectivity index (χ1v) is 8.74. The number of carbonyl (C=O) groups is 1. The molecular formula is C20H20N2O5. The normalized spacial score (nSPS) is 19.3. The molecule has 3 heterocycles. The minimum atomic E-state index is -0.704. The Bertz CT molecular complexity index is 954. The summed E-state index contributed by atoms with van der Waals surface area (Å²) in [5.74, 6) is 0.827. The molecule has 0 unspecified atom stereocenters. The summed E-state index contributed by atoms with van der Waals surface area (Å²) in [6, 6.07) is 10.6. The van der Waals surface area contributed by atoms with E-state index in [9.17, 15) is 9.90 Å². The molecule has 1 aromatic carbocycles. The zero-order chi connectivity index (χ0) is 18.8. The molecule has 1 aliphatic rings. The van der Waals surface area contributed by atoms with E-state index in [4.69, 9.17) is 13.9 Å². The van der Waals surface area contributed by atoms with Crippen molar-refractivity contribution in [3.05, 3.63) is 59.6 Å². The van der Waals surface area contributed by atoms with Crippen LogP contribution >= 0.6 is 0 Å². The first-order valence-electron chi connectivity index (χ1n) is 8.74. The van der Waals surface area contributed by atoms with Crippen LogP contribution in [0.1, 0.15) is 21.8 Å². The quantitative estimate of drug-likeness (QED) is 0.717. The number of aromatic nitrogens is 1. The largest absolute Gasteiger partial charge is 0.487 e. The van der Waals surface area contributed by atoms with E-state index in [1.807, 2.05) is 18.2 Å². The van der Waals surface area contributed by atoms with Gasteiger partial charge >= 0.3 is 0 Å². The monoisotopic (exact) mass is 368 g/mol. The molecule has 0 aliphatic carbocycles. The Hall–Kier alpha value is -2.90. The number of hydrogen-bond donors (Lipinski definition) is 2. The Balaban J connectivity index is 1.56. The van der Waals surface area contributed by atoms with Crippen molar-refractivity contribution in [1.29, 1.82) is 0 Å². The van der Waals surface area contributed by atoms with Gasteiger partial charge in [0.25, 0.3) is 5.91 Å². The highest BCUT2D eigenvalue weighted by Crippen LogP contribution is 2.29. The molecular weight excluding hydrogens is 348 g/mol. The Morgan fingerprint density at radius 3 is 2.96 bits per heavy atom. The molecule has 27 heavy (non-hydrogen) atoms. The number of aryl methyl sites for hydroxylation is 1. The summed E-state index contributed by atoms with van der Waals surface area (Å²) in [5, 5.41) is 13.3. The van der Waals surface area contributed by atoms with Crippen LogP contribution in [0.5, 0.6) is 5.75 Å². The van der Waals surface area contributed by atoms with Gasteiger partial charge in [-0.05, 0) is 37.3 Å². The van der Waals surface area contributed by atoms with Crippen LogP contribution in [0.25, 0.3) is 11.0 Å². The Kier molecular flexibility index (Phi) is 4.79. The SMILES string of the molecule is Cc1oc2ccc(OCc3ccccn3)cc2c1C(=O)N[C@@H]1COC[C@H]1O. The van der Waals surface area contributed by atoms with Crippen molar-refractivity contribution < 1.29 is 23.8 Å². The number of benzene rings is 1. The molecule has 2 atom stereocenters. The van der Waals surface area contributed by atoms with Gasteiger partial charge in [0.2, 0.25) is 0 Å². The lowest BCUT2D eigenvalue weighted by atomic mass is 10.1. The number of hydrogen-bond acceptors (Lipinski definition) is 6. The second-order valence-electron chi connectivity index (χ2n) is 6.49. The number of fused-ring (bicyclic) bond motifs is 1. The second-order valence-corrected chi connectivity index (χ2v) is 6.49. The predicted octanol–water partition coefficient (Wildman–Crippen LogP) is 2.20. The lowest BCUT2D eigenvalue weighted by Crippen LogP contribution is -2.42. The first-order chi connectivity index (χ1) is 13.1. The number of ether oxygens (including phenoxy) is 2. The smallest absolute Gasteiger partial charge is 0.255 e. The first kappa shape index (κ1) is 17.5. The molecule has 1 saturated heterocycles. The second kappa shape index (κ2) is 7.38. The maximum Gasteiger partial charge on any atom is 0.255 e. The summed E-state index contributed by atoms with van der Waals surface area (Å²) < 4.78 is 16.7. The van der Waals surface area contributed by atoms with Crippen LogP contribution in [0, 0.1) is 6.92 Å². The van der Waals surface area contributed by atoms with Crippen LogP contribution in [0.3, 0.4) is 0 Å². The van der Waals surface area contributed by atoms with Crippen molar-refractivity contribution in [3.63, 3.8) is 0 Å². The number of rotatable bonds is 5. The summed E-state index contributed by atoms with van der Waals surface area (Å²) >= 11 is 0. The highest BCUT2D eigenvalue weighted by atomic mass is 16.5. The minimum absolute atomic E-state index is 0.224. The van der Waals surface area contributed by atoms with Crippen LogP contribution in [-0.4, -0.2) is 41.4 Å². The topological polar surface area (TPSA) is 93.8 Å². The highest BCUT2D eigenvalue weighted by Gasteiger charge is 2.29. The lowest BCUT2D eigenvalue weighted by molar-refractivity contribution is 0.0886. The number of nitrogens with zero attached hydrogens (tertiary/aromatic N) is 1. The van der Waals surface area contributed by atoms with Crippen molar-refractivity contribution >= 4 is 16.9 Å². The molecule has 7 nitrogen and oxygen atoms in total. The Morgan fingerprint density at radius 2 is 2.22 bits per heavy atom. The molecule has 140 valence electrons. The van der Waals surface area contributed by atoms with Crippen LogP contribution in [0.4, 0.5) is 0 Å². The maximum absolute atomic E-state index is 12.7. The Labute approximate surface area is 155 Å². The third-order valence-electron chi connectivity index (χ3n) is 4.54. The van der Waals surface area contributed by atoms with Gasteiger partial charge in [0.1, 0.15) is 23.7 Å². The van der Waals surface area contributed by atoms with Gasteiger partial charge in [0.15, 0.2) is 0 Å². The maximum atomic E-state index is 12.7. The number of aliphatic hydroxyl groups excluding tert-OH is 1. The minimum Gasteiger partial charge on any atom is -0.487 e. The number of nitrogens with one attached hydrogen (secondary N) is 1. The number of carbonyl (C=O) groups excluding carboxylic acids is 1. The molecule has 0 radical (unpaired) electrons. The van der Waals surface area contributed by atoms with E-state index in [-0.39, 0.29) is 12.5 Å². The van der Waals surface area contributed by atoms with Gasteiger partial charge in [0.05, 0.1) is 36.6 Å². The van der Waals surface area contributed by atoms with Crippen LogP contribution in [0.15, 0.2) is 47.0 Å². The van der Waals surface area contributed by atoms with Crippen LogP contribution in [0.2, 0.25) is 0 Å². The van der Waals surface area contributed by atoms with Gasteiger partial charge in [0, 0.05) is 11.6 Å². The molecule has 0 spiro atoms. The van der Waals surface area contributed by atoms with Gasteiger partial charge in [-0.1, -0.05) is 6.07 Å². The summed E-state index contributed by atoms with van der Waals surface area (Å²) in [7, 11) is 0. The summed E-state index contributed by atoms with van der Waals surface area (Å²) in [5.41, 5.74) is 1.85. The molecule has 1 amide bonds. The lowest BCUT2D eigenvalue weighted by Gasteiger charge is -2.14. The van der Waals surface area contributed by atoms with Gasteiger partial charge in [-0.25, -0.2) is 0 Å². The van der Waals surface area contributed by atoms with Gasteiger partial charge in [-0.15, -0.1) is 0 Å². The summed E-state index contributed by atoms with van der Waals surface area (Å²) in [4.78, 5) is 17.0.